The highest BCUT2D eigenvalue weighted by Crippen LogP contribution is 2.38. The first-order valence-electron chi connectivity index (χ1n) is 8.42. The average molecular weight is 482 g/mol. The normalized spacial score (nSPS) is 13.2. The third-order valence-electron chi connectivity index (χ3n) is 3.63. The molecule has 8 nitrogen and oxygen atoms in total. The number of nitrogens with zero attached hydrogens (tertiary/aromatic N) is 1. The fraction of sp³-hybridized carbons (Fsp3) is 0.278. The van der Waals surface area contributed by atoms with Crippen LogP contribution in [0.2, 0.25) is 5.02 Å². The highest BCUT2D eigenvalue weighted by atomic mass is 35.5. The van der Waals surface area contributed by atoms with Crippen LogP contribution < -0.4 is 9.47 Å². The molecule has 13 heteroatoms. The van der Waals surface area contributed by atoms with E-state index in [0.717, 1.165) is 36.6 Å². The molecule has 2 aromatic rings. The van der Waals surface area contributed by atoms with Crippen LogP contribution in [-0.4, -0.2) is 33.4 Å². The number of hydrogen-bond donors (Lipinski definition) is 0. The Morgan fingerprint density at radius 2 is 1.90 bits per heavy atom. The van der Waals surface area contributed by atoms with Gasteiger partial charge in [-0.05, 0) is 31.2 Å². The Kier molecular flexibility index (Phi) is 7.85. The van der Waals surface area contributed by atoms with Crippen molar-refractivity contribution in [3.05, 3.63) is 57.1 Å². The number of hydrogen-bond acceptors (Lipinski definition) is 7. The van der Waals surface area contributed by atoms with Crippen molar-refractivity contribution in [1.29, 1.82) is 0 Å². The molecule has 2 unspecified atom stereocenters. The number of nitro groups is 1. The van der Waals surface area contributed by atoms with E-state index in [0.29, 0.717) is 6.07 Å². The molecule has 2 aromatic carbocycles. The molecule has 0 N–H and O–H groups in total. The van der Waals surface area contributed by atoms with Crippen LogP contribution in [0.4, 0.5) is 18.9 Å². The first kappa shape index (κ1) is 24.4. The van der Waals surface area contributed by atoms with E-state index in [2.05, 4.69) is 0 Å². The van der Waals surface area contributed by atoms with Crippen LogP contribution in [0.1, 0.15) is 12.5 Å². The number of carbonyl (C=O) groups excluding carboxylic acids is 1. The van der Waals surface area contributed by atoms with E-state index in [1.807, 2.05) is 0 Å². The quantitative estimate of drug-likeness (QED) is 0.305. The van der Waals surface area contributed by atoms with E-state index < -0.39 is 50.3 Å². The Labute approximate surface area is 181 Å². The van der Waals surface area contributed by atoms with Gasteiger partial charge in [0.1, 0.15) is 11.5 Å². The van der Waals surface area contributed by atoms with Gasteiger partial charge in [-0.3, -0.25) is 14.3 Å². The Morgan fingerprint density at radius 3 is 2.42 bits per heavy atom. The first-order chi connectivity index (χ1) is 14.4. The maximum Gasteiger partial charge on any atom is 0.416 e. The van der Waals surface area contributed by atoms with Crippen molar-refractivity contribution in [3.8, 4) is 17.2 Å². The molecule has 0 radical (unpaired) electrons. The summed E-state index contributed by atoms with van der Waals surface area (Å²) in [5.41, 5.74) is -3.20. The number of carbonyl (C=O) groups is 1. The van der Waals surface area contributed by atoms with Gasteiger partial charge in [-0.25, -0.2) is 4.79 Å². The number of alkyl halides is 3. The molecule has 0 aromatic heterocycles. The van der Waals surface area contributed by atoms with Crippen molar-refractivity contribution >= 4 is 34.1 Å². The van der Waals surface area contributed by atoms with Gasteiger partial charge in [-0.2, -0.15) is 13.2 Å². The van der Waals surface area contributed by atoms with Gasteiger partial charge in [0.25, 0.3) is 5.44 Å². The zero-order valence-electron chi connectivity index (χ0n) is 16.0. The molecule has 0 aliphatic carbocycles. The molecule has 2 rings (SSSR count). The van der Waals surface area contributed by atoms with E-state index in [9.17, 15) is 32.3 Å². The van der Waals surface area contributed by atoms with Gasteiger partial charge < -0.3 is 14.2 Å². The van der Waals surface area contributed by atoms with Crippen LogP contribution in [0.15, 0.2) is 36.4 Å². The number of esters is 1. The second-order valence-electron chi connectivity index (χ2n) is 5.83. The van der Waals surface area contributed by atoms with Crippen LogP contribution in [-0.2, 0) is 26.5 Å². The maximum absolute atomic E-state index is 12.8. The molecule has 0 saturated carbocycles. The third-order valence-corrected chi connectivity index (χ3v) is 4.82. The Balaban J connectivity index is 2.38. The van der Waals surface area contributed by atoms with Gasteiger partial charge in [0.05, 0.1) is 32.9 Å². The van der Waals surface area contributed by atoms with Crippen LogP contribution in [0.25, 0.3) is 0 Å². The van der Waals surface area contributed by atoms with Crippen LogP contribution in [0.5, 0.6) is 17.2 Å². The lowest BCUT2D eigenvalue weighted by Crippen LogP contribution is -2.33. The minimum absolute atomic E-state index is 0.0342. The maximum atomic E-state index is 12.8. The van der Waals surface area contributed by atoms with Gasteiger partial charge in [0.15, 0.2) is 0 Å². The van der Waals surface area contributed by atoms with Gasteiger partial charge in [0, 0.05) is 18.4 Å². The fourth-order valence-electron chi connectivity index (χ4n) is 2.27. The van der Waals surface area contributed by atoms with Gasteiger partial charge >= 0.3 is 17.8 Å². The van der Waals surface area contributed by atoms with E-state index in [1.54, 1.807) is 0 Å². The second-order valence-corrected chi connectivity index (χ2v) is 7.66. The van der Waals surface area contributed by atoms with Crippen molar-refractivity contribution in [2.24, 2.45) is 0 Å². The molecule has 0 heterocycles. The van der Waals surface area contributed by atoms with Crippen LogP contribution in [0, 0.1) is 10.1 Å². The summed E-state index contributed by atoms with van der Waals surface area (Å²) in [6, 6.07) is 5.56. The Morgan fingerprint density at radius 1 is 1.23 bits per heavy atom. The van der Waals surface area contributed by atoms with E-state index in [-0.39, 0.29) is 23.1 Å². The minimum atomic E-state index is -4.60. The molecule has 0 amide bonds. The summed E-state index contributed by atoms with van der Waals surface area (Å²) >= 11 is 5.84. The summed E-state index contributed by atoms with van der Waals surface area (Å²) in [6.07, 6.45) is -3.45. The Bertz CT molecular complexity index is 1020. The molecule has 0 fully saturated rings. The standard InChI is InChI=1S/C18H15ClF3NO7S/c1-3-28-16(24)17(31(2)27)30-15-9-11(5-6-13(15)23(25)26)29-14-7-4-10(8-12(14)19)18(20,21)22/h4-9,17H,3H2,1-2H3. The third kappa shape index (κ3) is 6.31. The predicted molar refractivity (Wildman–Crippen MR) is 105 cm³/mol. The smallest absolute Gasteiger partial charge is 0.416 e. The number of benzene rings is 2. The number of nitro benzene ring substituents is 1. The summed E-state index contributed by atoms with van der Waals surface area (Å²) in [5, 5.41) is 10.9. The number of halogens is 4. The van der Waals surface area contributed by atoms with Crippen LogP contribution >= 0.6 is 11.6 Å². The summed E-state index contributed by atoms with van der Waals surface area (Å²) < 4.78 is 65.6. The van der Waals surface area contributed by atoms with Gasteiger partial charge in [-0.15, -0.1) is 0 Å². The molecule has 0 spiro atoms. The molecule has 0 bridgehead atoms. The molecule has 0 aliphatic rings. The molecule has 0 aliphatic heterocycles. The fourth-order valence-corrected chi connectivity index (χ4v) is 3.06. The zero-order valence-corrected chi connectivity index (χ0v) is 17.5. The van der Waals surface area contributed by atoms with E-state index in [1.165, 1.54) is 6.92 Å². The molecule has 2 atom stereocenters. The monoisotopic (exact) mass is 481 g/mol. The summed E-state index contributed by atoms with van der Waals surface area (Å²) in [6.45, 7) is 1.48. The van der Waals surface area contributed by atoms with Crippen molar-refractivity contribution < 1.29 is 41.3 Å². The van der Waals surface area contributed by atoms with Crippen molar-refractivity contribution in [1.82, 2.24) is 0 Å². The lowest BCUT2D eigenvalue weighted by atomic mass is 10.2. The largest absolute Gasteiger partial charge is 0.463 e. The number of ether oxygens (including phenoxy) is 3. The minimum Gasteiger partial charge on any atom is -0.463 e. The highest BCUT2D eigenvalue weighted by Gasteiger charge is 2.32. The predicted octanol–water partition coefficient (Wildman–Crippen LogP) is 4.71. The Hall–Kier alpha value is -2.86. The van der Waals surface area contributed by atoms with Gasteiger partial charge in [-0.1, -0.05) is 11.6 Å². The van der Waals surface area contributed by atoms with Gasteiger partial charge in [0.2, 0.25) is 5.75 Å². The molecular weight excluding hydrogens is 467 g/mol. The lowest BCUT2D eigenvalue weighted by molar-refractivity contribution is -0.385. The molecule has 31 heavy (non-hydrogen) atoms. The summed E-state index contributed by atoms with van der Waals surface area (Å²) in [5.74, 6) is -1.70. The van der Waals surface area contributed by atoms with Crippen LogP contribution in [0.3, 0.4) is 0 Å². The topological polar surface area (TPSA) is 105 Å². The second kappa shape index (κ2) is 9.96. The average Bonchev–Trinajstić information content (AvgIpc) is 2.66. The molecule has 0 saturated heterocycles. The lowest BCUT2D eigenvalue weighted by Gasteiger charge is -2.16. The highest BCUT2D eigenvalue weighted by molar-refractivity contribution is 7.85. The summed E-state index contributed by atoms with van der Waals surface area (Å²) in [4.78, 5) is 22.4. The SMILES string of the molecule is CCOC(=O)C(Oc1cc(Oc2ccc(C(F)(F)F)cc2Cl)ccc1[N+](=O)[O-])S(C)=O. The number of rotatable bonds is 8. The van der Waals surface area contributed by atoms with E-state index in [4.69, 9.17) is 25.8 Å². The molecule has 168 valence electrons. The van der Waals surface area contributed by atoms with Crippen molar-refractivity contribution in [3.63, 3.8) is 0 Å². The van der Waals surface area contributed by atoms with Crippen molar-refractivity contribution in [2.75, 3.05) is 12.9 Å². The summed E-state index contributed by atoms with van der Waals surface area (Å²) in [7, 11) is -1.90. The van der Waals surface area contributed by atoms with Crippen molar-refractivity contribution in [2.45, 2.75) is 18.5 Å². The zero-order chi connectivity index (χ0) is 23.3. The molecular formula is C18H15ClF3NO7S. The van der Waals surface area contributed by atoms with E-state index >= 15 is 0 Å². The first-order valence-corrected chi connectivity index (χ1v) is 10.4.